The zero-order valence-corrected chi connectivity index (χ0v) is 15.7. The van der Waals surface area contributed by atoms with Gasteiger partial charge in [-0.2, -0.15) is 5.26 Å². The first-order valence-corrected chi connectivity index (χ1v) is 8.95. The molecule has 0 atom stereocenters. The minimum absolute atomic E-state index is 0.474. The van der Waals surface area contributed by atoms with Gasteiger partial charge in [0.2, 0.25) is 0 Å². The minimum Gasteiger partial charge on any atom is -0.337 e. The molecule has 27 heavy (non-hydrogen) atoms. The Kier molecular flexibility index (Phi) is 4.31. The van der Waals surface area contributed by atoms with Gasteiger partial charge in [-0.3, -0.25) is 0 Å². The van der Waals surface area contributed by atoms with Gasteiger partial charge in [0.15, 0.2) is 0 Å². The highest BCUT2D eigenvalue weighted by Crippen LogP contribution is 2.24. The summed E-state index contributed by atoms with van der Waals surface area (Å²) in [5.74, 6) is 0.563. The topological polar surface area (TPSA) is 57.4 Å². The van der Waals surface area contributed by atoms with Crippen molar-refractivity contribution in [1.82, 2.24) is 14.5 Å². The normalized spacial score (nSPS) is 11.7. The lowest BCUT2D eigenvalue weighted by atomic mass is 10.2. The number of benzene rings is 2. The summed E-state index contributed by atoms with van der Waals surface area (Å²) < 4.78 is 2.00. The van der Waals surface area contributed by atoms with Crippen LogP contribution >= 0.6 is 11.6 Å². The van der Waals surface area contributed by atoms with Crippen LogP contribution in [0.15, 0.2) is 54.7 Å². The SMILES string of the molecule is Cc1ccc2nc(C(C#N)=Cc3cccn3-c3ccc(C)c(Cl)c3)[nH]c2c1. The molecule has 4 rings (SSSR count). The summed E-state index contributed by atoms with van der Waals surface area (Å²) in [6.07, 6.45) is 3.78. The summed E-state index contributed by atoms with van der Waals surface area (Å²) in [7, 11) is 0. The summed E-state index contributed by atoms with van der Waals surface area (Å²) >= 11 is 6.27. The zero-order valence-electron chi connectivity index (χ0n) is 15.0. The molecule has 0 amide bonds. The van der Waals surface area contributed by atoms with Crippen LogP contribution in [0.3, 0.4) is 0 Å². The van der Waals surface area contributed by atoms with Crippen molar-refractivity contribution < 1.29 is 0 Å². The van der Waals surface area contributed by atoms with Crippen LogP contribution in [-0.2, 0) is 0 Å². The van der Waals surface area contributed by atoms with Gasteiger partial charge in [-0.05, 0) is 67.4 Å². The molecular formula is C22H17ClN4. The Hall–Kier alpha value is -3.29. The second kappa shape index (κ2) is 6.79. The maximum absolute atomic E-state index is 9.69. The number of aromatic nitrogens is 3. The number of aryl methyl sites for hydroxylation is 2. The fourth-order valence-corrected chi connectivity index (χ4v) is 3.21. The highest BCUT2D eigenvalue weighted by Gasteiger charge is 2.10. The van der Waals surface area contributed by atoms with Gasteiger partial charge >= 0.3 is 0 Å². The summed E-state index contributed by atoms with van der Waals surface area (Å²) in [5.41, 5.74) is 6.24. The van der Waals surface area contributed by atoms with E-state index in [0.717, 1.165) is 33.5 Å². The lowest BCUT2D eigenvalue weighted by molar-refractivity contribution is 1.06. The summed E-state index contributed by atoms with van der Waals surface area (Å²) in [6, 6.07) is 18.1. The Morgan fingerprint density at radius 2 is 2.04 bits per heavy atom. The van der Waals surface area contributed by atoms with Gasteiger partial charge in [-0.1, -0.05) is 23.7 Å². The lowest BCUT2D eigenvalue weighted by Gasteiger charge is -2.08. The monoisotopic (exact) mass is 372 g/mol. The quantitative estimate of drug-likeness (QED) is 0.470. The molecule has 0 bridgehead atoms. The van der Waals surface area contributed by atoms with E-state index in [1.807, 2.05) is 79.2 Å². The van der Waals surface area contributed by atoms with Crippen molar-refractivity contribution in [3.05, 3.63) is 82.4 Å². The van der Waals surface area contributed by atoms with Crippen LogP contribution < -0.4 is 0 Å². The van der Waals surface area contributed by atoms with E-state index in [1.165, 1.54) is 0 Å². The Morgan fingerprint density at radius 3 is 2.81 bits per heavy atom. The first-order valence-electron chi connectivity index (χ1n) is 8.57. The fourth-order valence-electron chi connectivity index (χ4n) is 3.03. The predicted octanol–water partition coefficient (Wildman–Crippen LogP) is 5.69. The second-order valence-corrected chi connectivity index (χ2v) is 6.92. The molecule has 0 spiro atoms. The average Bonchev–Trinajstić information content (AvgIpc) is 3.28. The largest absolute Gasteiger partial charge is 0.337 e. The number of nitriles is 1. The zero-order chi connectivity index (χ0) is 19.0. The van der Waals surface area contributed by atoms with Gasteiger partial charge < -0.3 is 9.55 Å². The number of nitrogens with zero attached hydrogens (tertiary/aromatic N) is 3. The molecule has 0 fully saturated rings. The van der Waals surface area contributed by atoms with Crippen LogP contribution in [0.1, 0.15) is 22.6 Å². The number of nitrogens with one attached hydrogen (secondary N) is 1. The molecule has 0 saturated heterocycles. The smallest absolute Gasteiger partial charge is 0.149 e. The number of hydrogen-bond acceptors (Lipinski definition) is 2. The average molecular weight is 373 g/mol. The Balaban J connectivity index is 1.78. The molecular weight excluding hydrogens is 356 g/mol. The molecule has 5 heteroatoms. The molecule has 0 saturated carbocycles. The number of aromatic amines is 1. The molecule has 4 nitrogen and oxygen atoms in total. The Labute approximate surface area is 162 Å². The van der Waals surface area contributed by atoms with Gasteiger partial charge in [-0.15, -0.1) is 0 Å². The molecule has 1 N–H and O–H groups in total. The van der Waals surface area contributed by atoms with E-state index >= 15 is 0 Å². The second-order valence-electron chi connectivity index (χ2n) is 6.51. The molecule has 0 unspecified atom stereocenters. The van der Waals surface area contributed by atoms with Crippen molar-refractivity contribution in [2.24, 2.45) is 0 Å². The van der Waals surface area contributed by atoms with Crippen LogP contribution in [0, 0.1) is 25.2 Å². The number of rotatable bonds is 3. The van der Waals surface area contributed by atoms with E-state index in [2.05, 4.69) is 16.0 Å². The van der Waals surface area contributed by atoms with Gasteiger partial charge in [-0.25, -0.2) is 4.98 Å². The third-order valence-electron chi connectivity index (χ3n) is 4.52. The van der Waals surface area contributed by atoms with E-state index in [1.54, 1.807) is 0 Å². The number of imidazole rings is 1. The van der Waals surface area contributed by atoms with Crippen LogP contribution in [-0.4, -0.2) is 14.5 Å². The summed E-state index contributed by atoms with van der Waals surface area (Å²) in [4.78, 5) is 7.80. The number of hydrogen-bond donors (Lipinski definition) is 1. The van der Waals surface area contributed by atoms with Crippen molar-refractivity contribution in [2.45, 2.75) is 13.8 Å². The van der Waals surface area contributed by atoms with E-state index in [4.69, 9.17) is 11.6 Å². The number of allylic oxidation sites excluding steroid dienone is 1. The summed E-state index contributed by atoms with van der Waals surface area (Å²) in [6.45, 7) is 4.00. The van der Waals surface area contributed by atoms with Crippen molar-refractivity contribution >= 4 is 34.3 Å². The highest BCUT2D eigenvalue weighted by atomic mass is 35.5. The van der Waals surface area contributed by atoms with Crippen molar-refractivity contribution in [3.8, 4) is 11.8 Å². The lowest BCUT2D eigenvalue weighted by Crippen LogP contribution is -1.96. The van der Waals surface area contributed by atoms with E-state index < -0.39 is 0 Å². The van der Waals surface area contributed by atoms with Gasteiger partial charge in [0.25, 0.3) is 0 Å². The Bertz CT molecular complexity index is 1220. The van der Waals surface area contributed by atoms with Gasteiger partial charge in [0, 0.05) is 22.6 Å². The molecule has 2 aromatic carbocycles. The number of halogens is 1. The molecule has 4 aromatic rings. The van der Waals surface area contributed by atoms with Crippen LogP contribution in [0.5, 0.6) is 0 Å². The van der Waals surface area contributed by atoms with Gasteiger partial charge in [0.1, 0.15) is 11.9 Å². The maximum Gasteiger partial charge on any atom is 0.149 e. The minimum atomic E-state index is 0.474. The highest BCUT2D eigenvalue weighted by molar-refractivity contribution is 6.31. The maximum atomic E-state index is 9.69. The number of H-pyrrole nitrogens is 1. The van der Waals surface area contributed by atoms with Crippen molar-refractivity contribution in [2.75, 3.05) is 0 Å². The van der Waals surface area contributed by atoms with E-state index in [9.17, 15) is 5.26 Å². The Morgan fingerprint density at radius 1 is 1.19 bits per heavy atom. The molecule has 2 aromatic heterocycles. The first-order chi connectivity index (χ1) is 13.0. The predicted molar refractivity (Wildman–Crippen MR) is 110 cm³/mol. The number of fused-ring (bicyclic) bond motifs is 1. The molecule has 0 radical (unpaired) electrons. The van der Waals surface area contributed by atoms with E-state index in [-0.39, 0.29) is 0 Å². The first kappa shape index (κ1) is 17.1. The van der Waals surface area contributed by atoms with Crippen molar-refractivity contribution in [3.63, 3.8) is 0 Å². The fraction of sp³-hybridized carbons (Fsp3) is 0.0909. The molecule has 0 aliphatic heterocycles. The van der Waals surface area contributed by atoms with Crippen LogP contribution in [0.25, 0.3) is 28.4 Å². The van der Waals surface area contributed by atoms with Crippen molar-refractivity contribution in [1.29, 1.82) is 5.26 Å². The molecule has 2 heterocycles. The molecule has 132 valence electrons. The van der Waals surface area contributed by atoms with Crippen LogP contribution in [0.4, 0.5) is 0 Å². The molecule has 0 aliphatic carbocycles. The van der Waals surface area contributed by atoms with E-state index in [0.29, 0.717) is 16.4 Å². The summed E-state index contributed by atoms with van der Waals surface area (Å²) in [5, 5.41) is 10.4. The third kappa shape index (κ3) is 3.25. The molecule has 0 aliphatic rings. The standard InChI is InChI=1S/C22H17ClN4/c1-14-5-8-20-21(10-14)26-22(25-20)16(13-24)11-17-4-3-9-27(17)18-7-6-15(2)19(23)12-18/h3-12H,1-2H3,(H,25,26). The third-order valence-corrected chi connectivity index (χ3v) is 4.93. The van der Waals surface area contributed by atoms with Crippen LogP contribution in [0.2, 0.25) is 5.02 Å². The van der Waals surface area contributed by atoms with Gasteiger partial charge in [0.05, 0.1) is 16.6 Å².